The molecule has 3 heteroatoms. The molecule has 0 aromatic heterocycles. The largest absolute Gasteiger partial charge is 0.549 e. The molecule has 0 heterocycles. The van der Waals surface area contributed by atoms with Gasteiger partial charge in [0.2, 0.25) is 0 Å². The third-order valence-electron chi connectivity index (χ3n) is 4.83. The summed E-state index contributed by atoms with van der Waals surface area (Å²) in [4.78, 5) is 10.6. The summed E-state index contributed by atoms with van der Waals surface area (Å²) in [6.45, 7) is 0. The van der Waals surface area contributed by atoms with E-state index in [-0.39, 0.29) is 5.41 Å². The van der Waals surface area contributed by atoms with Crippen molar-refractivity contribution >= 4 is 21.9 Å². The maximum atomic E-state index is 11.1. The number of hydrogen-bond donors (Lipinski definition) is 0. The van der Waals surface area contributed by atoms with E-state index in [9.17, 15) is 9.90 Å². The Morgan fingerprint density at radius 3 is 1.87 bits per heavy atom. The van der Waals surface area contributed by atoms with E-state index in [4.69, 9.17) is 0 Å². The third-order valence-corrected chi connectivity index (χ3v) is 6.18. The summed E-state index contributed by atoms with van der Waals surface area (Å²) in [6.07, 6.45) is 7.40. The predicted molar refractivity (Wildman–Crippen MR) is 58.3 cm³/mol. The minimum absolute atomic E-state index is 0.0353. The monoisotopic (exact) mass is 271 g/mol. The van der Waals surface area contributed by atoms with Gasteiger partial charge in [-0.3, -0.25) is 0 Å². The summed E-state index contributed by atoms with van der Waals surface area (Å²) in [6, 6.07) is 0. The number of alkyl halides is 1. The molecule has 2 nitrogen and oxygen atoms in total. The Kier molecular flexibility index (Phi) is 2.17. The summed E-state index contributed by atoms with van der Waals surface area (Å²) in [5.41, 5.74) is 0.0353. The second kappa shape index (κ2) is 3.22. The van der Waals surface area contributed by atoms with Crippen LogP contribution in [0.15, 0.2) is 0 Å². The van der Waals surface area contributed by atoms with E-state index in [0.717, 1.165) is 37.0 Å². The zero-order valence-electron chi connectivity index (χ0n) is 8.75. The molecule has 4 aliphatic carbocycles. The number of halogens is 1. The maximum Gasteiger partial charge on any atom is 0.0597 e. The van der Waals surface area contributed by atoms with Gasteiger partial charge < -0.3 is 9.90 Å². The van der Waals surface area contributed by atoms with Crippen LogP contribution in [0.4, 0.5) is 0 Å². The molecule has 0 N–H and O–H groups in total. The van der Waals surface area contributed by atoms with Crippen LogP contribution >= 0.6 is 15.9 Å². The van der Waals surface area contributed by atoms with Crippen molar-refractivity contribution in [2.24, 2.45) is 23.2 Å². The van der Waals surface area contributed by atoms with Gasteiger partial charge in [-0.05, 0) is 61.7 Å². The van der Waals surface area contributed by atoms with Crippen molar-refractivity contribution in [1.29, 1.82) is 0 Å². The van der Waals surface area contributed by atoms with E-state index in [2.05, 4.69) is 15.9 Å². The van der Waals surface area contributed by atoms with E-state index in [1.54, 1.807) is 0 Å². The molecule has 0 saturated heterocycles. The lowest BCUT2D eigenvalue weighted by molar-refractivity contribution is -0.308. The number of aliphatic carboxylic acids is 1. The third kappa shape index (κ3) is 1.46. The highest BCUT2D eigenvalue weighted by Gasteiger charge is 2.53. The minimum atomic E-state index is -0.906. The first-order valence-electron chi connectivity index (χ1n) is 5.94. The van der Waals surface area contributed by atoms with Crippen LogP contribution < -0.4 is 5.11 Å². The molecule has 4 fully saturated rings. The standard InChI is InChI=1S/C12H17BrO2/c13-10(11(14)15)12-4-7-1-8(5-12)3-9(2-7)6-12/h7-10H,1-6H2,(H,14,15)/p-1/t7?,8?,9?,10-,12?/m1/s1. The fraction of sp³-hybridized carbons (Fsp3) is 0.917. The molecule has 0 aromatic rings. The van der Waals surface area contributed by atoms with E-state index < -0.39 is 10.8 Å². The van der Waals surface area contributed by atoms with E-state index >= 15 is 0 Å². The SMILES string of the molecule is O=C([O-])[C@@H](Br)C12CC3CC(CC(C3)C1)C2. The summed E-state index contributed by atoms with van der Waals surface area (Å²) in [5.74, 6) is 1.50. The molecule has 0 amide bonds. The smallest absolute Gasteiger partial charge is 0.0597 e. The Labute approximate surface area is 98.6 Å². The van der Waals surface area contributed by atoms with Crippen molar-refractivity contribution in [3.8, 4) is 0 Å². The quantitative estimate of drug-likeness (QED) is 0.718. The van der Waals surface area contributed by atoms with Crippen molar-refractivity contribution in [3.63, 3.8) is 0 Å². The molecule has 0 unspecified atom stereocenters. The zero-order valence-corrected chi connectivity index (χ0v) is 10.3. The normalized spacial score (nSPS) is 49.3. The van der Waals surface area contributed by atoms with Crippen molar-refractivity contribution in [1.82, 2.24) is 0 Å². The first-order chi connectivity index (χ1) is 7.09. The van der Waals surface area contributed by atoms with Crippen LogP contribution in [-0.4, -0.2) is 10.8 Å². The molecule has 84 valence electrons. The van der Waals surface area contributed by atoms with Crippen molar-refractivity contribution in [2.75, 3.05) is 0 Å². The molecule has 0 aromatic carbocycles. The van der Waals surface area contributed by atoms with E-state index in [0.29, 0.717) is 0 Å². The lowest BCUT2D eigenvalue weighted by Crippen LogP contribution is -2.54. The lowest BCUT2D eigenvalue weighted by atomic mass is 9.49. The fourth-order valence-corrected chi connectivity index (χ4v) is 5.30. The summed E-state index contributed by atoms with van der Waals surface area (Å²) in [7, 11) is 0. The average Bonchev–Trinajstić information content (AvgIpc) is 2.14. The first-order valence-corrected chi connectivity index (χ1v) is 6.85. The zero-order chi connectivity index (χ0) is 10.6. The Morgan fingerprint density at radius 1 is 1.13 bits per heavy atom. The highest BCUT2D eigenvalue weighted by atomic mass is 79.9. The maximum absolute atomic E-state index is 11.1. The number of carbonyl (C=O) groups is 1. The van der Waals surface area contributed by atoms with Crippen LogP contribution in [-0.2, 0) is 4.79 Å². The van der Waals surface area contributed by atoms with Gasteiger partial charge in [-0.1, -0.05) is 15.9 Å². The molecule has 4 saturated carbocycles. The van der Waals surface area contributed by atoms with Crippen LogP contribution in [0.25, 0.3) is 0 Å². The molecule has 0 aliphatic heterocycles. The highest BCUT2D eigenvalue weighted by molar-refractivity contribution is 9.10. The Morgan fingerprint density at radius 2 is 1.53 bits per heavy atom. The Bertz CT molecular complexity index is 265. The van der Waals surface area contributed by atoms with Gasteiger partial charge in [-0.2, -0.15) is 0 Å². The second-order valence-corrected chi connectivity index (χ2v) is 6.88. The summed E-state index contributed by atoms with van der Waals surface area (Å²) < 4.78 is 0. The molecule has 4 bridgehead atoms. The average molecular weight is 272 g/mol. The van der Waals surface area contributed by atoms with Gasteiger partial charge in [0, 0.05) is 0 Å². The highest BCUT2D eigenvalue weighted by Crippen LogP contribution is 2.62. The molecule has 15 heavy (non-hydrogen) atoms. The van der Waals surface area contributed by atoms with Gasteiger partial charge in [0.1, 0.15) is 0 Å². The van der Waals surface area contributed by atoms with E-state index in [1.165, 1.54) is 19.3 Å². The van der Waals surface area contributed by atoms with Crippen molar-refractivity contribution in [2.45, 2.75) is 43.4 Å². The van der Waals surface area contributed by atoms with Crippen LogP contribution in [0.1, 0.15) is 38.5 Å². The number of hydrogen-bond acceptors (Lipinski definition) is 2. The topological polar surface area (TPSA) is 40.1 Å². The van der Waals surface area contributed by atoms with Gasteiger partial charge in [0.15, 0.2) is 0 Å². The molecule has 1 atom stereocenters. The number of carbonyl (C=O) groups excluding carboxylic acids is 1. The number of rotatable bonds is 2. The van der Waals surface area contributed by atoms with Crippen molar-refractivity contribution in [3.05, 3.63) is 0 Å². The van der Waals surface area contributed by atoms with E-state index in [1.807, 2.05) is 0 Å². The summed E-state index contributed by atoms with van der Waals surface area (Å²) in [5, 5.41) is 11.1. The van der Waals surface area contributed by atoms with Gasteiger partial charge in [-0.15, -0.1) is 0 Å². The van der Waals surface area contributed by atoms with Gasteiger partial charge in [0.05, 0.1) is 10.8 Å². The molecule has 4 rings (SSSR count). The van der Waals surface area contributed by atoms with Crippen LogP contribution in [0.5, 0.6) is 0 Å². The lowest BCUT2D eigenvalue weighted by Gasteiger charge is -2.58. The van der Waals surface area contributed by atoms with Gasteiger partial charge >= 0.3 is 0 Å². The predicted octanol–water partition coefficient (Wildman–Crippen LogP) is 1.72. The van der Waals surface area contributed by atoms with Crippen molar-refractivity contribution < 1.29 is 9.90 Å². The number of carboxylic acids is 1. The fourth-order valence-electron chi connectivity index (χ4n) is 4.74. The van der Waals surface area contributed by atoms with Gasteiger partial charge in [-0.25, -0.2) is 0 Å². The Balaban J connectivity index is 1.89. The molecule has 0 spiro atoms. The first kappa shape index (κ1) is 10.1. The van der Waals surface area contributed by atoms with Crippen LogP contribution in [0.2, 0.25) is 0 Å². The molecule has 4 aliphatic rings. The molecular weight excluding hydrogens is 256 g/mol. The minimum Gasteiger partial charge on any atom is -0.549 e. The summed E-state index contributed by atoms with van der Waals surface area (Å²) >= 11 is 3.37. The van der Waals surface area contributed by atoms with Crippen LogP contribution in [0, 0.1) is 23.2 Å². The molecule has 0 radical (unpaired) electrons. The van der Waals surface area contributed by atoms with Gasteiger partial charge in [0.25, 0.3) is 0 Å². The second-order valence-electron chi connectivity index (χ2n) is 5.96. The Hall–Kier alpha value is -0.0500. The molecular formula is C12H16BrO2-. The van der Waals surface area contributed by atoms with Crippen LogP contribution in [0.3, 0.4) is 0 Å². The number of carboxylic acid groups (broad SMARTS) is 1.